The number of aromatic nitrogens is 2. The van der Waals surface area contributed by atoms with Gasteiger partial charge < -0.3 is 4.90 Å². The van der Waals surface area contributed by atoms with Crippen molar-refractivity contribution in [2.24, 2.45) is 11.8 Å². The fourth-order valence-corrected chi connectivity index (χ4v) is 2.87. The first-order valence-corrected chi connectivity index (χ1v) is 7.12. The Morgan fingerprint density at radius 3 is 2.48 bits per heavy atom. The van der Waals surface area contributed by atoms with Crippen LogP contribution in [0.5, 0.6) is 0 Å². The highest BCUT2D eigenvalue weighted by Gasteiger charge is 2.48. The van der Waals surface area contributed by atoms with E-state index in [1.165, 1.54) is 0 Å². The molecule has 0 radical (unpaired) electrons. The number of fused-ring (bicyclic) bond motifs is 1. The minimum Gasteiger partial charge on any atom is -0.341 e. The predicted molar refractivity (Wildman–Crippen MR) is 73.0 cm³/mol. The van der Waals surface area contributed by atoms with E-state index in [0.29, 0.717) is 18.8 Å². The number of nitrogens with zero attached hydrogens (tertiary/aromatic N) is 3. The van der Waals surface area contributed by atoms with Gasteiger partial charge in [0, 0.05) is 25.3 Å². The van der Waals surface area contributed by atoms with Crippen molar-refractivity contribution in [2.45, 2.75) is 26.3 Å². The maximum absolute atomic E-state index is 12.3. The third-order valence-electron chi connectivity index (χ3n) is 4.12. The summed E-state index contributed by atoms with van der Waals surface area (Å²) in [6.45, 7) is 4.69. The van der Waals surface area contributed by atoms with Crippen LogP contribution >= 0.6 is 0 Å². The van der Waals surface area contributed by atoms with Crippen LogP contribution in [-0.2, 0) is 20.8 Å². The lowest BCUT2D eigenvalue weighted by Gasteiger charge is -2.16. The van der Waals surface area contributed by atoms with E-state index in [2.05, 4.69) is 10.4 Å². The zero-order chi connectivity index (χ0) is 15.1. The molecule has 1 aromatic rings. The number of hydrogen-bond donors (Lipinski definition) is 1. The molecule has 0 saturated carbocycles. The normalized spacial score (nSPS) is 24.6. The molecule has 21 heavy (non-hydrogen) atoms. The summed E-state index contributed by atoms with van der Waals surface area (Å²) in [5, 5.41) is 6.66. The van der Waals surface area contributed by atoms with Gasteiger partial charge in [0.2, 0.25) is 17.7 Å². The molecule has 2 aliphatic heterocycles. The summed E-state index contributed by atoms with van der Waals surface area (Å²) in [4.78, 5) is 37.0. The molecule has 1 aromatic heterocycles. The van der Waals surface area contributed by atoms with Gasteiger partial charge in [-0.1, -0.05) is 0 Å². The molecule has 0 aromatic carbocycles. The fourth-order valence-electron chi connectivity index (χ4n) is 2.87. The van der Waals surface area contributed by atoms with Crippen molar-refractivity contribution in [3.8, 4) is 0 Å². The van der Waals surface area contributed by atoms with Crippen molar-refractivity contribution in [2.75, 3.05) is 13.1 Å². The number of carbonyl (C=O) groups excluding carboxylic acids is 3. The minimum atomic E-state index is -0.380. The molecular formula is C14H18N4O3. The number of amides is 3. The molecule has 0 unspecified atom stereocenters. The van der Waals surface area contributed by atoms with Gasteiger partial charge in [-0.05, 0) is 19.9 Å². The first-order valence-electron chi connectivity index (χ1n) is 7.12. The SMILES string of the molecule is CC(C)n1ccc(CC(=O)N2C[C@@H]3C(=O)NC(=O)[C@@H]3C2)n1. The van der Waals surface area contributed by atoms with E-state index < -0.39 is 0 Å². The highest BCUT2D eigenvalue weighted by Crippen LogP contribution is 2.28. The Kier molecular flexibility index (Phi) is 3.27. The molecule has 3 rings (SSSR count). The maximum Gasteiger partial charge on any atom is 0.232 e. The third kappa shape index (κ3) is 2.43. The Morgan fingerprint density at radius 1 is 1.33 bits per heavy atom. The largest absolute Gasteiger partial charge is 0.341 e. The number of nitrogens with one attached hydrogen (secondary N) is 1. The van der Waals surface area contributed by atoms with Crippen LogP contribution in [0.2, 0.25) is 0 Å². The summed E-state index contributed by atoms with van der Waals surface area (Å²) in [5.41, 5.74) is 0.710. The van der Waals surface area contributed by atoms with Crippen LogP contribution in [0, 0.1) is 11.8 Å². The van der Waals surface area contributed by atoms with E-state index in [0.717, 1.165) is 0 Å². The van der Waals surface area contributed by atoms with Crippen LogP contribution < -0.4 is 5.32 Å². The van der Waals surface area contributed by atoms with Gasteiger partial charge in [-0.15, -0.1) is 0 Å². The fraction of sp³-hybridized carbons (Fsp3) is 0.571. The second-order valence-corrected chi connectivity index (χ2v) is 5.92. The lowest BCUT2D eigenvalue weighted by atomic mass is 10.00. The molecule has 0 spiro atoms. The average molecular weight is 290 g/mol. The Hall–Kier alpha value is -2.18. The molecule has 3 amide bonds. The Morgan fingerprint density at radius 2 is 1.95 bits per heavy atom. The lowest BCUT2D eigenvalue weighted by molar-refractivity contribution is -0.131. The quantitative estimate of drug-likeness (QED) is 0.777. The molecule has 2 aliphatic rings. The molecule has 2 saturated heterocycles. The number of imide groups is 1. The molecule has 7 nitrogen and oxygen atoms in total. The lowest BCUT2D eigenvalue weighted by Crippen LogP contribution is -2.36. The van der Waals surface area contributed by atoms with E-state index in [1.807, 2.05) is 26.1 Å². The second kappa shape index (κ2) is 4.98. The Bertz CT molecular complexity index is 585. The first kappa shape index (κ1) is 13.8. The smallest absolute Gasteiger partial charge is 0.232 e. The molecule has 0 aliphatic carbocycles. The van der Waals surface area contributed by atoms with Gasteiger partial charge in [0.25, 0.3) is 0 Å². The Balaban J connectivity index is 1.64. The zero-order valence-corrected chi connectivity index (χ0v) is 12.1. The number of hydrogen-bond acceptors (Lipinski definition) is 4. The standard InChI is InChI=1S/C14H18N4O3/c1-8(2)18-4-3-9(16-18)5-12(19)17-6-10-11(7-17)14(21)15-13(10)20/h3-4,8,10-11H,5-7H2,1-2H3,(H,15,20,21)/t10-,11+. The molecular weight excluding hydrogens is 272 g/mol. The van der Waals surface area contributed by atoms with Gasteiger partial charge in [0.15, 0.2) is 0 Å². The van der Waals surface area contributed by atoms with Crippen LogP contribution in [0.4, 0.5) is 0 Å². The Labute approximate surface area is 122 Å². The van der Waals surface area contributed by atoms with Gasteiger partial charge in [0.1, 0.15) is 0 Å². The van der Waals surface area contributed by atoms with E-state index in [1.54, 1.807) is 9.58 Å². The van der Waals surface area contributed by atoms with E-state index in [-0.39, 0.29) is 42.0 Å². The average Bonchev–Trinajstić information content (AvgIpc) is 3.08. The molecule has 2 atom stereocenters. The van der Waals surface area contributed by atoms with Crippen LogP contribution in [0.3, 0.4) is 0 Å². The highest BCUT2D eigenvalue weighted by atomic mass is 16.2. The van der Waals surface area contributed by atoms with Crippen molar-refractivity contribution in [1.82, 2.24) is 20.0 Å². The monoisotopic (exact) mass is 290 g/mol. The molecule has 3 heterocycles. The van der Waals surface area contributed by atoms with Crippen molar-refractivity contribution >= 4 is 17.7 Å². The van der Waals surface area contributed by atoms with E-state index in [9.17, 15) is 14.4 Å². The summed E-state index contributed by atoms with van der Waals surface area (Å²) in [6, 6.07) is 2.08. The summed E-state index contributed by atoms with van der Waals surface area (Å²) >= 11 is 0. The maximum atomic E-state index is 12.3. The third-order valence-corrected chi connectivity index (χ3v) is 4.12. The molecule has 2 fully saturated rings. The van der Waals surface area contributed by atoms with Gasteiger partial charge in [-0.25, -0.2) is 0 Å². The number of rotatable bonds is 3. The first-order chi connectivity index (χ1) is 9.95. The van der Waals surface area contributed by atoms with Gasteiger partial charge in [-0.3, -0.25) is 24.4 Å². The van der Waals surface area contributed by atoms with Crippen molar-refractivity contribution in [3.05, 3.63) is 18.0 Å². The predicted octanol–water partition coefficient (Wildman–Crippen LogP) is -0.262. The molecule has 1 N–H and O–H groups in total. The van der Waals surface area contributed by atoms with Crippen molar-refractivity contribution in [1.29, 1.82) is 0 Å². The molecule has 0 bridgehead atoms. The summed E-state index contributed by atoms with van der Waals surface area (Å²) in [6.07, 6.45) is 2.05. The minimum absolute atomic E-state index is 0.0843. The van der Waals surface area contributed by atoms with Gasteiger partial charge in [0.05, 0.1) is 24.0 Å². The van der Waals surface area contributed by atoms with Crippen LogP contribution in [-0.4, -0.2) is 45.5 Å². The number of likely N-dealkylation sites (tertiary alicyclic amines) is 1. The topological polar surface area (TPSA) is 84.3 Å². The van der Waals surface area contributed by atoms with Gasteiger partial charge in [-0.2, -0.15) is 5.10 Å². The molecule has 112 valence electrons. The summed E-state index contributed by atoms with van der Waals surface area (Å²) in [7, 11) is 0. The van der Waals surface area contributed by atoms with Crippen molar-refractivity contribution < 1.29 is 14.4 Å². The molecule has 7 heteroatoms. The van der Waals surface area contributed by atoms with Crippen molar-refractivity contribution in [3.63, 3.8) is 0 Å². The van der Waals surface area contributed by atoms with Gasteiger partial charge >= 0.3 is 0 Å². The summed E-state index contributed by atoms with van der Waals surface area (Å²) in [5.74, 6) is -1.36. The number of carbonyl (C=O) groups is 3. The second-order valence-electron chi connectivity index (χ2n) is 5.92. The van der Waals surface area contributed by atoms with E-state index >= 15 is 0 Å². The van der Waals surface area contributed by atoms with E-state index in [4.69, 9.17) is 0 Å². The summed E-state index contributed by atoms with van der Waals surface area (Å²) < 4.78 is 1.80. The zero-order valence-electron chi connectivity index (χ0n) is 12.1. The van der Waals surface area contributed by atoms with Crippen LogP contribution in [0.1, 0.15) is 25.6 Å². The highest BCUT2D eigenvalue weighted by molar-refractivity contribution is 6.06. The van der Waals surface area contributed by atoms with Crippen LogP contribution in [0.15, 0.2) is 12.3 Å². The van der Waals surface area contributed by atoms with Crippen LogP contribution in [0.25, 0.3) is 0 Å².